The molecule has 2 aromatic rings. The van der Waals surface area contributed by atoms with Crippen molar-refractivity contribution in [3.63, 3.8) is 0 Å². The average molecular weight is 408 g/mol. The van der Waals surface area contributed by atoms with Crippen molar-refractivity contribution in [2.24, 2.45) is 0 Å². The second-order valence-electron chi connectivity index (χ2n) is 6.54. The molecule has 3 rings (SSSR count). The highest BCUT2D eigenvalue weighted by molar-refractivity contribution is 7.92. The van der Waals surface area contributed by atoms with Crippen molar-refractivity contribution in [3.8, 4) is 0 Å². The third-order valence-electron chi connectivity index (χ3n) is 4.65. The zero-order valence-electron chi connectivity index (χ0n) is 15.3. The number of benzene rings is 2. The van der Waals surface area contributed by atoms with Crippen LogP contribution < -0.4 is 9.62 Å². The molecule has 0 aliphatic carbocycles. The molecule has 0 spiro atoms. The number of carbonyl (C=O) groups excluding carboxylic acids is 1. The van der Waals surface area contributed by atoms with E-state index in [2.05, 4.69) is 11.4 Å². The van der Waals surface area contributed by atoms with Crippen molar-refractivity contribution in [1.82, 2.24) is 4.90 Å². The van der Waals surface area contributed by atoms with Crippen LogP contribution in [-0.4, -0.2) is 45.6 Å². The fourth-order valence-electron chi connectivity index (χ4n) is 3.16. The van der Waals surface area contributed by atoms with Gasteiger partial charge in [0.15, 0.2) is 0 Å². The van der Waals surface area contributed by atoms with Gasteiger partial charge in [0.2, 0.25) is 15.9 Å². The Balaban J connectivity index is 1.79. The van der Waals surface area contributed by atoms with Gasteiger partial charge in [-0.25, -0.2) is 8.42 Å². The molecule has 0 saturated carbocycles. The van der Waals surface area contributed by atoms with E-state index in [-0.39, 0.29) is 12.5 Å². The standard InChI is InChI=1S/C19H22ClN3O3S/c1-21-17-6-3-14-9-10-22(12-15(14)11-17)19(24)13-23(27(2,25)26)18-7-4-16(20)5-8-18/h3-8,11,21H,9-10,12-13H2,1-2H3. The summed E-state index contributed by atoms with van der Waals surface area (Å²) in [5.41, 5.74) is 3.71. The van der Waals surface area contributed by atoms with Gasteiger partial charge in [-0.1, -0.05) is 17.7 Å². The minimum absolute atomic E-state index is 0.226. The molecule has 2 aromatic carbocycles. The maximum Gasteiger partial charge on any atom is 0.243 e. The van der Waals surface area contributed by atoms with Crippen molar-refractivity contribution in [3.05, 3.63) is 58.6 Å². The fourth-order valence-corrected chi connectivity index (χ4v) is 4.13. The molecule has 0 unspecified atom stereocenters. The molecule has 27 heavy (non-hydrogen) atoms. The molecule has 0 fully saturated rings. The van der Waals surface area contributed by atoms with Gasteiger partial charge in [0, 0.05) is 30.8 Å². The van der Waals surface area contributed by atoms with Crippen LogP contribution in [0.2, 0.25) is 5.02 Å². The molecule has 6 nitrogen and oxygen atoms in total. The molecule has 1 amide bonds. The van der Waals surface area contributed by atoms with E-state index in [1.54, 1.807) is 29.2 Å². The maximum atomic E-state index is 12.8. The van der Waals surface area contributed by atoms with Crippen LogP contribution in [0.1, 0.15) is 11.1 Å². The first kappa shape index (κ1) is 19.5. The van der Waals surface area contributed by atoms with E-state index < -0.39 is 10.0 Å². The lowest BCUT2D eigenvalue weighted by Gasteiger charge is -2.31. The smallest absolute Gasteiger partial charge is 0.243 e. The summed E-state index contributed by atoms with van der Waals surface area (Å²) < 4.78 is 25.6. The van der Waals surface area contributed by atoms with Crippen molar-refractivity contribution in [1.29, 1.82) is 0 Å². The number of carbonyl (C=O) groups is 1. The van der Waals surface area contributed by atoms with Crippen LogP contribution in [0.5, 0.6) is 0 Å². The zero-order chi connectivity index (χ0) is 19.6. The Bertz CT molecular complexity index is 945. The van der Waals surface area contributed by atoms with Gasteiger partial charge < -0.3 is 10.2 Å². The van der Waals surface area contributed by atoms with E-state index >= 15 is 0 Å². The predicted molar refractivity (Wildman–Crippen MR) is 109 cm³/mol. The monoisotopic (exact) mass is 407 g/mol. The summed E-state index contributed by atoms with van der Waals surface area (Å²) in [5.74, 6) is -0.226. The van der Waals surface area contributed by atoms with Crippen molar-refractivity contribution >= 4 is 38.9 Å². The number of nitrogens with one attached hydrogen (secondary N) is 1. The van der Waals surface area contributed by atoms with Gasteiger partial charge in [0.25, 0.3) is 0 Å². The Hall–Kier alpha value is -2.25. The van der Waals surface area contributed by atoms with Crippen LogP contribution in [0.15, 0.2) is 42.5 Å². The lowest BCUT2D eigenvalue weighted by atomic mass is 9.99. The summed E-state index contributed by atoms with van der Waals surface area (Å²) in [7, 11) is -1.75. The second-order valence-corrected chi connectivity index (χ2v) is 8.89. The van der Waals surface area contributed by atoms with E-state index in [9.17, 15) is 13.2 Å². The molecule has 8 heteroatoms. The third-order valence-corrected chi connectivity index (χ3v) is 6.05. The van der Waals surface area contributed by atoms with Crippen LogP contribution in [0.25, 0.3) is 0 Å². The number of nitrogens with zero attached hydrogens (tertiary/aromatic N) is 2. The molecule has 144 valence electrons. The Morgan fingerprint density at radius 1 is 1.19 bits per heavy atom. The molecule has 1 aliphatic rings. The summed E-state index contributed by atoms with van der Waals surface area (Å²) in [6.45, 7) is 0.812. The minimum Gasteiger partial charge on any atom is -0.388 e. The first-order chi connectivity index (χ1) is 12.8. The van der Waals surface area contributed by atoms with Crippen molar-refractivity contribution < 1.29 is 13.2 Å². The zero-order valence-corrected chi connectivity index (χ0v) is 16.8. The molecular formula is C19H22ClN3O3S. The Morgan fingerprint density at radius 3 is 2.52 bits per heavy atom. The fraction of sp³-hybridized carbons (Fsp3) is 0.316. The minimum atomic E-state index is -3.60. The molecule has 0 atom stereocenters. The highest BCUT2D eigenvalue weighted by Gasteiger charge is 2.26. The van der Waals surface area contributed by atoms with Gasteiger partial charge in [-0.15, -0.1) is 0 Å². The van der Waals surface area contributed by atoms with Gasteiger partial charge in [-0.3, -0.25) is 9.10 Å². The quantitative estimate of drug-likeness (QED) is 0.827. The van der Waals surface area contributed by atoms with Gasteiger partial charge >= 0.3 is 0 Å². The van der Waals surface area contributed by atoms with Crippen LogP contribution in [0, 0.1) is 0 Å². The number of rotatable bonds is 5. The molecule has 1 heterocycles. The van der Waals surface area contributed by atoms with Gasteiger partial charge in [0.1, 0.15) is 6.54 Å². The predicted octanol–water partition coefficient (Wildman–Crippen LogP) is 2.73. The summed E-state index contributed by atoms with van der Waals surface area (Å²) >= 11 is 5.88. The Kier molecular flexibility index (Phi) is 5.62. The normalized spacial score (nSPS) is 13.8. The van der Waals surface area contributed by atoms with E-state index in [4.69, 9.17) is 11.6 Å². The van der Waals surface area contributed by atoms with Gasteiger partial charge in [0.05, 0.1) is 11.9 Å². The average Bonchev–Trinajstić information content (AvgIpc) is 2.65. The molecule has 0 saturated heterocycles. The number of hydrogen-bond donors (Lipinski definition) is 1. The van der Waals surface area contributed by atoms with Crippen LogP contribution >= 0.6 is 11.6 Å². The summed E-state index contributed by atoms with van der Waals surface area (Å²) in [4.78, 5) is 14.5. The third kappa shape index (κ3) is 4.54. The number of hydrogen-bond acceptors (Lipinski definition) is 4. The lowest BCUT2D eigenvalue weighted by Crippen LogP contribution is -2.44. The molecule has 1 N–H and O–H groups in total. The molecule has 0 bridgehead atoms. The lowest BCUT2D eigenvalue weighted by molar-refractivity contribution is -0.130. The van der Waals surface area contributed by atoms with Gasteiger partial charge in [-0.2, -0.15) is 0 Å². The topological polar surface area (TPSA) is 69.7 Å². The molecule has 1 aliphatic heterocycles. The van der Waals surface area contributed by atoms with E-state index in [1.807, 2.05) is 19.2 Å². The van der Waals surface area contributed by atoms with Crippen LogP contribution in [-0.2, 0) is 27.8 Å². The molecular weight excluding hydrogens is 386 g/mol. The summed E-state index contributed by atoms with van der Waals surface area (Å²) in [5, 5.41) is 3.60. The van der Waals surface area contributed by atoms with Crippen LogP contribution in [0.4, 0.5) is 11.4 Å². The highest BCUT2D eigenvalue weighted by atomic mass is 35.5. The number of fused-ring (bicyclic) bond motifs is 1. The van der Waals surface area contributed by atoms with Crippen molar-refractivity contribution in [2.75, 3.05) is 36.0 Å². The van der Waals surface area contributed by atoms with Crippen molar-refractivity contribution in [2.45, 2.75) is 13.0 Å². The SMILES string of the molecule is CNc1ccc2c(c1)CN(C(=O)CN(c1ccc(Cl)cc1)S(C)(=O)=O)CC2. The first-order valence-corrected chi connectivity index (χ1v) is 10.8. The Morgan fingerprint density at radius 2 is 1.89 bits per heavy atom. The largest absolute Gasteiger partial charge is 0.388 e. The number of anilines is 2. The number of sulfonamides is 1. The van der Waals surface area contributed by atoms with E-state index in [0.717, 1.165) is 28.2 Å². The second kappa shape index (κ2) is 7.78. The van der Waals surface area contributed by atoms with Crippen LogP contribution in [0.3, 0.4) is 0 Å². The first-order valence-electron chi connectivity index (χ1n) is 8.58. The number of halogens is 1. The molecule has 0 radical (unpaired) electrons. The van der Waals surface area contributed by atoms with Gasteiger partial charge in [-0.05, 0) is 53.9 Å². The summed E-state index contributed by atoms with van der Waals surface area (Å²) in [6, 6.07) is 12.5. The summed E-state index contributed by atoms with van der Waals surface area (Å²) in [6.07, 6.45) is 1.85. The van der Waals surface area contributed by atoms with E-state index in [0.29, 0.717) is 23.8 Å². The highest BCUT2D eigenvalue weighted by Crippen LogP contribution is 2.24. The maximum absolute atomic E-state index is 12.8. The number of amides is 1. The molecule has 0 aromatic heterocycles. The Labute approximate surface area is 164 Å². The van der Waals surface area contributed by atoms with E-state index in [1.165, 1.54) is 5.56 Å².